The van der Waals surface area contributed by atoms with Crippen molar-refractivity contribution < 1.29 is 19.2 Å². The first-order valence-corrected chi connectivity index (χ1v) is 9.69. The molecule has 0 saturated carbocycles. The van der Waals surface area contributed by atoms with Crippen LogP contribution < -0.4 is 0 Å². The number of hydrogen-bond donors (Lipinski definition) is 0. The quantitative estimate of drug-likeness (QED) is 0.282. The van der Waals surface area contributed by atoms with E-state index in [9.17, 15) is 19.2 Å². The summed E-state index contributed by atoms with van der Waals surface area (Å²) in [4.78, 5) is 59.0. The van der Waals surface area contributed by atoms with Crippen LogP contribution >= 0.6 is 0 Å². The normalized spacial score (nSPS) is 10.6. The minimum Gasteiger partial charge on any atom is -0.211 e. The van der Waals surface area contributed by atoms with E-state index in [1.165, 1.54) is 24.3 Å². The molecule has 0 spiro atoms. The maximum atomic E-state index is 11.2. The maximum Gasteiger partial charge on any atom is 0.240 e. The van der Waals surface area contributed by atoms with Crippen molar-refractivity contribution in [3.8, 4) is 0 Å². The smallest absolute Gasteiger partial charge is 0.211 e. The Bertz CT molecular complexity index is 1320. The van der Waals surface area contributed by atoms with Gasteiger partial charge in [0.15, 0.2) is 0 Å². The topological polar surface area (TPSA) is 118 Å². The first-order chi connectivity index (χ1) is 16.0. The highest BCUT2D eigenvalue weighted by Crippen LogP contribution is 2.46. The van der Waals surface area contributed by atoms with Gasteiger partial charge in [0.1, 0.15) is 0 Å². The minimum atomic E-state index is -0.533. The van der Waals surface area contributed by atoms with Gasteiger partial charge in [-0.15, -0.1) is 0 Å². The van der Waals surface area contributed by atoms with Crippen LogP contribution in [0, 0.1) is 13.8 Å². The summed E-state index contributed by atoms with van der Waals surface area (Å²) >= 11 is 0. The molecule has 0 saturated heterocycles. The average molecular weight is 436 g/mol. The van der Waals surface area contributed by atoms with Crippen molar-refractivity contribution in [2.45, 2.75) is 19.8 Å². The van der Waals surface area contributed by atoms with Crippen molar-refractivity contribution in [2.24, 2.45) is 20.0 Å². The Hall–Kier alpha value is -4.82. The van der Waals surface area contributed by atoms with Gasteiger partial charge in [-0.3, -0.25) is 0 Å². The minimum absolute atomic E-state index is 0.253. The summed E-state index contributed by atoms with van der Waals surface area (Å²) in [6.45, 7) is 3.59. The van der Waals surface area contributed by atoms with E-state index in [1.807, 2.05) is 30.3 Å². The molecule has 8 nitrogen and oxygen atoms in total. The molecule has 3 rings (SSSR count). The second kappa shape index (κ2) is 10.5. The van der Waals surface area contributed by atoms with Crippen molar-refractivity contribution in [3.05, 3.63) is 82.4 Å². The first-order valence-electron chi connectivity index (χ1n) is 9.69. The number of carbonyl (C=O) groups excluding carboxylic acids is 4. The largest absolute Gasteiger partial charge is 0.240 e. The molecule has 0 atom stereocenters. The highest BCUT2D eigenvalue weighted by molar-refractivity contribution is 5.73. The fourth-order valence-electron chi connectivity index (χ4n) is 3.91. The molecule has 0 unspecified atom stereocenters. The number of isocyanates is 4. The zero-order valence-electron chi connectivity index (χ0n) is 17.7. The Morgan fingerprint density at radius 2 is 1.03 bits per heavy atom. The Labute approximate surface area is 188 Å². The van der Waals surface area contributed by atoms with Crippen LogP contribution in [0.2, 0.25) is 0 Å². The van der Waals surface area contributed by atoms with E-state index < -0.39 is 5.92 Å². The van der Waals surface area contributed by atoms with E-state index in [0.717, 1.165) is 5.56 Å². The van der Waals surface area contributed by atoms with E-state index in [1.54, 1.807) is 38.1 Å². The summed E-state index contributed by atoms with van der Waals surface area (Å²) in [5.74, 6) is -0.533. The van der Waals surface area contributed by atoms with Gasteiger partial charge in [-0.2, -0.15) is 20.0 Å². The number of nitrogens with zero attached hydrogens (tertiary/aromatic N) is 4. The van der Waals surface area contributed by atoms with Crippen molar-refractivity contribution in [3.63, 3.8) is 0 Å². The summed E-state index contributed by atoms with van der Waals surface area (Å²) in [5, 5.41) is 0. The van der Waals surface area contributed by atoms with Crippen LogP contribution in [-0.4, -0.2) is 24.3 Å². The predicted octanol–water partition coefficient (Wildman–Crippen LogP) is 5.35. The zero-order valence-corrected chi connectivity index (χ0v) is 17.7. The SMILES string of the molecule is Cc1cc(N=C=O)cc(N=C=O)c1C(c1ccccc1)c1c(C)cc(N=C=O)cc1N=C=O. The molecule has 0 aliphatic rings. The predicted molar refractivity (Wildman–Crippen MR) is 121 cm³/mol. The van der Waals surface area contributed by atoms with Gasteiger partial charge >= 0.3 is 0 Å². The molecule has 0 amide bonds. The van der Waals surface area contributed by atoms with Crippen molar-refractivity contribution in [1.82, 2.24) is 0 Å². The number of aryl methyl sites for hydroxylation is 2. The van der Waals surface area contributed by atoms with E-state index in [0.29, 0.717) is 22.3 Å². The lowest BCUT2D eigenvalue weighted by Crippen LogP contribution is -2.08. The summed E-state index contributed by atoms with van der Waals surface area (Å²) in [6, 6.07) is 15.7. The number of rotatable bonds is 7. The average Bonchev–Trinajstić information content (AvgIpc) is 2.78. The third kappa shape index (κ3) is 4.92. The van der Waals surface area contributed by atoms with E-state index in [2.05, 4.69) is 20.0 Å². The Morgan fingerprint density at radius 1 is 0.606 bits per heavy atom. The van der Waals surface area contributed by atoms with Crippen LogP contribution in [0.25, 0.3) is 0 Å². The molecule has 160 valence electrons. The summed E-state index contributed by atoms with van der Waals surface area (Å²) < 4.78 is 0. The van der Waals surface area contributed by atoms with Crippen LogP contribution in [-0.2, 0) is 19.2 Å². The first kappa shape index (κ1) is 22.9. The standard InChI is InChI=1S/C25H16N4O4/c1-16-8-19(26-12-30)10-21(28-14-32)23(16)25(18-6-4-3-5-7-18)24-17(2)9-20(27-13-31)11-22(24)29-15-33/h3-11,25H,1-2H3. The molecule has 0 radical (unpaired) electrons. The van der Waals surface area contributed by atoms with Gasteiger partial charge in [0.25, 0.3) is 0 Å². The van der Waals surface area contributed by atoms with Gasteiger partial charge in [0, 0.05) is 5.92 Å². The maximum absolute atomic E-state index is 11.2. The molecular weight excluding hydrogens is 420 g/mol. The van der Waals surface area contributed by atoms with E-state index in [4.69, 9.17) is 0 Å². The molecule has 0 aromatic heterocycles. The van der Waals surface area contributed by atoms with Gasteiger partial charge in [-0.25, -0.2) is 19.2 Å². The van der Waals surface area contributed by atoms with Crippen LogP contribution in [0.1, 0.15) is 33.7 Å². The van der Waals surface area contributed by atoms with Crippen molar-refractivity contribution >= 4 is 47.1 Å². The molecule has 0 heterocycles. The molecule has 3 aromatic rings. The monoisotopic (exact) mass is 436 g/mol. The van der Waals surface area contributed by atoms with E-state index in [-0.39, 0.29) is 22.7 Å². The third-order valence-electron chi connectivity index (χ3n) is 5.09. The molecule has 3 aromatic carbocycles. The van der Waals surface area contributed by atoms with Crippen LogP contribution in [0.15, 0.2) is 74.6 Å². The lowest BCUT2D eigenvalue weighted by atomic mass is 9.79. The Kier molecular flexibility index (Phi) is 7.25. The van der Waals surface area contributed by atoms with Gasteiger partial charge in [-0.05, 0) is 65.9 Å². The van der Waals surface area contributed by atoms with Crippen LogP contribution in [0.5, 0.6) is 0 Å². The van der Waals surface area contributed by atoms with Gasteiger partial charge in [0.05, 0.1) is 22.7 Å². The lowest BCUT2D eigenvalue weighted by molar-refractivity contribution is 0.564. The molecule has 0 fully saturated rings. The lowest BCUT2D eigenvalue weighted by Gasteiger charge is -2.25. The van der Waals surface area contributed by atoms with Crippen molar-refractivity contribution in [1.29, 1.82) is 0 Å². The fourth-order valence-corrected chi connectivity index (χ4v) is 3.91. The highest BCUT2D eigenvalue weighted by atomic mass is 16.1. The molecule has 0 bridgehead atoms. The third-order valence-corrected chi connectivity index (χ3v) is 5.09. The Balaban J connectivity index is 2.48. The van der Waals surface area contributed by atoms with Gasteiger partial charge in [0.2, 0.25) is 24.3 Å². The molecule has 0 aliphatic carbocycles. The molecular formula is C25H16N4O4. The summed E-state index contributed by atoms with van der Waals surface area (Å²) in [7, 11) is 0. The molecule has 33 heavy (non-hydrogen) atoms. The highest BCUT2D eigenvalue weighted by Gasteiger charge is 2.27. The van der Waals surface area contributed by atoms with Gasteiger partial charge in [-0.1, -0.05) is 30.3 Å². The number of benzene rings is 3. The van der Waals surface area contributed by atoms with Crippen molar-refractivity contribution in [2.75, 3.05) is 0 Å². The summed E-state index contributed by atoms with van der Waals surface area (Å²) in [6.07, 6.45) is 6.06. The fraction of sp³-hybridized carbons (Fsp3) is 0.120. The number of hydrogen-bond acceptors (Lipinski definition) is 8. The van der Waals surface area contributed by atoms with E-state index >= 15 is 0 Å². The number of aliphatic imine (C=N–C) groups is 4. The van der Waals surface area contributed by atoms with Crippen LogP contribution in [0.3, 0.4) is 0 Å². The van der Waals surface area contributed by atoms with Gasteiger partial charge < -0.3 is 0 Å². The zero-order chi connectivity index (χ0) is 23.8. The molecule has 8 heteroatoms. The second-order valence-electron chi connectivity index (χ2n) is 7.05. The summed E-state index contributed by atoms with van der Waals surface area (Å²) in [5.41, 5.74) is 4.53. The Morgan fingerprint density at radius 3 is 1.42 bits per heavy atom. The molecule has 0 N–H and O–H groups in total. The van der Waals surface area contributed by atoms with Crippen LogP contribution in [0.4, 0.5) is 22.7 Å². The molecule has 0 aliphatic heterocycles. The second-order valence-corrected chi connectivity index (χ2v) is 7.05.